The predicted octanol–water partition coefficient (Wildman–Crippen LogP) is 2.61. The molecule has 2 rings (SSSR count). The normalized spacial score (nSPS) is 10.4. The molecule has 0 aromatic heterocycles. The highest BCUT2D eigenvalue weighted by atomic mass is 16.5. The quantitative estimate of drug-likeness (QED) is 0.636. The second-order valence-corrected chi connectivity index (χ2v) is 6.17. The summed E-state index contributed by atoms with van der Waals surface area (Å²) in [5.74, 6) is 1.22. The van der Waals surface area contributed by atoms with E-state index in [4.69, 9.17) is 14.2 Å². The summed E-state index contributed by atoms with van der Waals surface area (Å²) < 4.78 is 15.7. The van der Waals surface area contributed by atoms with Crippen LogP contribution >= 0.6 is 0 Å². The van der Waals surface area contributed by atoms with Gasteiger partial charge in [0.15, 0.2) is 0 Å². The molecule has 156 valence electrons. The number of ether oxygens (including phenoxy) is 3. The zero-order valence-corrected chi connectivity index (χ0v) is 17.2. The molecule has 2 N–H and O–H groups in total. The van der Waals surface area contributed by atoms with Crippen LogP contribution in [0.4, 0.5) is 11.4 Å². The zero-order valence-electron chi connectivity index (χ0n) is 17.2. The summed E-state index contributed by atoms with van der Waals surface area (Å²) in [4.78, 5) is 26.6. The van der Waals surface area contributed by atoms with Gasteiger partial charge in [-0.15, -0.1) is 0 Å². The molecule has 0 unspecified atom stereocenters. The lowest BCUT2D eigenvalue weighted by molar-refractivity contribution is -0.119. The number of benzene rings is 2. The molecule has 0 radical (unpaired) electrons. The second kappa shape index (κ2) is 10.9. The highest BCUT2D eigenvalue weighted by Crippen LogP contribution is 2.29. The van der Waals surface area contributed by atoms with Gasteiger partial charge in [-0.25, -0.2) is 0 Å². The SMILES string of the molecule is CCN(CC(=O)Nc1ccccc1OC)CC(=O)Nc1ccc(OC)cc1OC. The van der Waals surface area contributed by atoms with Crippen LogP contribution in [0.3, 0.4) is 0 Å². The van der Waals surface area contributed by atoms with Crippen molar-refractivity contribution in [1.29, 1.82) is 0 Å². The van der Waals surface area contributed by atoms with Gasteiger partial charge in [-0.2, -0.15) is 0 Å². The van der Waals surface area contributed by atoms with Crippen molar-refractivity contribution in [1.82, 2.24) is 4.90 Å². The average Bonchev–Trinajstić information content (AvgIpc) is 2.73. The third kappa shape index (κ3) is 6.39. The summed E-state index contributed by atoms with van der Waals surface area (Å²) in [6.45, 7) is 2.55. The van der Waals surface area contributed by atoms with Gasteiger partial charge in [0.05, 0.1) is 45.8 Å². The van der Waals surface area contributed by atoms with Crippen molar-refractivity contribution in [3.63, 3.8) is 0 Å². The van der Waals surface area contributed by atoms with Crippen LogP contribution < -0.4 is 24.8 Å². The molecule has 8 nitrogen and oxygen atoms in total. The van der Waals surface area contributed by atoms with E-state index < -0.39 is 0 Å². The number of hydrogen-bond acceptors (Lipinski definition) is 6. The Morgan fingerprint density at radius 3 is 1.97 bits per heavy atom. The summed E-state index contributed by atoms with van der Waals surface area (Å²) in [7, 11) is 4.62. The number of anilines is 2. The van der Waals surface area contributed by atoms with Crippen LogP contribution in [0.2, 0.25) is 0 Å². The van der Waals surface area contributed by atoms with E-state index in [1.54, 1.807) is 49.5 Å². The van der Waals surface area contributed by atoms with E-state index in [-0.39, 0.29) is 24.9 Å². The topological polar surface area (TPSA) is 89.1 Å². The Labute approximate surface area is 170 Å². The molecule has 0 atom stereocenters. The predicted molar refractivity (Wildman–Crippen MR) is 112 cm³/mol. The van der Waals surface area contributed by atoms with Gasteiger partial charge in [-0.1, -0.05) is 19.1 Å². The van der Waals surface area contributed by atoms with E-state index in [2.05, 4.69) is 10.6 Å². The highest BCUT2D eigenvalue weighted by molar-refractivity contribution is 5.96. The van der Waals surface area contributed by atoms with Crippen LogP contribution in [0, 0.1) is 0 Å². The van der Waals surface area contributed by atoms with Crippen molar-refractivity contribution in [3.05, 3.63) is 42.5 Å². The lowest BCUT2D eigenvalue weighted by atomic mass is 10.2. The van der Waals surface area contributed by atoms with Crippen molar-refractivity contribution in [2.75, 3.05) is 51.6 Å². The number of nitrogens with one attached hydrogen (secondary N) is 2. The number of nitrogens with zero attached hydrogens (tertiary/aromatic N) is 1. The number of rotatable bonds is 10. The minimum absolute atomic E-state index is 0.0605. The van der Waals surface area contributed by atoms with Gasteiger partial charge in [0.1, 0.15) is 17.2 Å². The molecule has 29 heavy (non-hydrogen) atoms. The van der Waals surface area contributed by atoms with E-state index in [1.807, 2.05) is 19.1 Å². The van der Waals surface area contributed by atoms with Crippen molar-refractivity contribution >= 4 is 23.2 Å². The van der Waals surface area contributed by atoms with E-state index in [0.717, 1.165) is 0 Å². The number of carbonyl (C=O) groups excluding carboxylic acids is 2. The molecule has 0 aliphatic carbocycles. The fraction of sp³-hybridized carbons (Fsp3) is 0.333. The van der Waals surface area contributed by atoms with E-state index in [1.165, 1.54) is 7.11 Å². The van der Waals surface area contributed by atoms with Gasteiger partial charge in [-0.3, -0.25) is 14.5 Å². The van der Waals surface area contributed by atoms with E-state index >= 15 is 0 Å². The summed E-state index contributed by atoms with van der Waals surface area (Å²) in [5, 5.41) is 5.61. The molecule has 2 aromatic carbocycles. The zero-order chi connectivity index (χ0) is 21.2. The van der Waals surface area contributed by atoms with Crippen molar-refractivity contribution in [3.8, 4) is 17.2 Å². The van der Waals surface area contributed by atoms with Gasteiger partial charge in [-0.05, 0) is 30.8 Å². The molecule has 0 bridgehead atoms. The molecule has 0 saturated carbocycles. The number of carbonyl (C=O) groups is 2. The van der Waals surface area contributed by atoms with Crippen molar-refractivity contribution in [2.45, 2.75) is 6.92 Å². The summed E-state index contributed by atoms with van der Waals surface area (Å²) in [6.07, 6.45) is 0. The fourth-order valence-electron chi connectivity index (χ4n) is 2.71. The maximum Gasteiger partial charge on any atom is 0.238 e. The molecule has 0 heterocycles. The number of methoxy groups -OCH3 is 3. The summed E-state index contributed by atoms with van der Waals surface area (Å²) >= 11 is 0. The largest absolute Gasteiger partial charge is 0.497 e. The van der Waals surface area contributed by atoms with Crippen LogP contribution in [0.5, 0.6) is 17.2 Å². The van der Waals surface area contributed by atoms with Crippen LogP contribution in [0.1, 0.15) is 6.92 Å². The Morgan fingerprint density at radius 2 is 1.41 bits per heavy atom. The monoisotopic (exact) mass is 401 g/mol. The molecule has 0 saturated heterocycles. The van der Waals surface area contributed by atoms with E-state index in [9.17, 15) is 9.59 Å². The van der Waals surface area contributed by atoms with Gasteiger partial charge < -0.3 is 24.8 Å². The highest BCUT2D eigenvalue weighted by Gasteiger charge is 2.16. The molecule has 0 spiro atoms. The molecule has 0 fully saturated rings. The number of likely N-dealkylation sites (N-methyl/N-ethyl adjacent to an activating group) is 1. The first-order chi connectivity index (χ1) is 14.0. The molecule has 0 aliphatic rings. The van der Waals surface area contributed by atoms with Crippen molar-refractivity contribution in [2.24, 2.45) is 0 Å². The average molecular weight is 401 g/mol. The lowest BCUT2D eigenvalue weighted by Crippen LogP contribution is -2.38. The molecule has 2 amide bonds. The standard InChI is InChI=1S/C21H27N3O5/c1-5-24(13-20(25)22-16-8-6-7-9-18(16)28-3)14-21(26)23-17-11-10-15(27-2)12-19(17)29-4/h6-12H,5,13-14H2,1-4H3,(H,22,25)(H,23,26). The minimum Gasteiger partial charge on any atom is -0.497 e. The molecule has 0 aliphatic heterocycles. The molecular weight excluding hydrogens is 374 g/mol. The molecule has 8 heteroatoms. The number of para-hydroxylation sites is 2. The Morgan fingerprint density at radius 1 is 0.828 bits per heavy atom. The Bertz CT molecular complexity index is 841. The number of amides is 2. The smallest absolute Gasteiger partial charge is 0.238 e. The molecular formula is C21H27N3O5. The van der Waals surface area contributed by atoms with Gasteiger partial charge in [0.25, 0.3) is 0 Å². The van der Waals surface area contributed by atoms with Crippen LogP contribution in [-0.4, -0.2) is 57.7 Å². The lowest BCUT2D eigenvalue weighted by Gasteiger charge is -2.20. The van der Waals surface area contributed by atoms with E-state index in [0.29, 0.717) is 35.2 Å². The Balaban J connectivity index is 1.95. The maximum atomic E-state index is 12.5. The Kier molecular flexibility index (Phi) is 8.29. The summed E-state index contributed by atoms with van der Waals surface area (Å²) in [6, 6.07) is 12.3. The van der Waals surface area contributed by atoms with Crippen LogP contribution in [0.25, 0.3) is 0 Å². The minimum atomic E-state index is -0.250. The van der Waals surface area contributed by atoms with Gasteiger partial charge >= 0.3 is 0 Å². The van der Waals surface area contributed by atoms with Crippen LogP contribution in [-0.2, 0) is 9.59 Å². The second-order valence-electron chi connectivity index (χ2n) is 6.17. The van der Waals surface area contributed by atoms with Crippen LogP contribution in [0.15, 0.2) is 42.5 Å². The maximum absolute atomic E-state index is 12.5. The Hall–Kier alpha value is -3.26. The number of hydrogen-bond donors (Lipinski definition) is 2. The first kappa shape index (κ1) is 22.0. The summed E-state index contributed by atoms with van der Waals surface area (Å²) in [5.41, 5.74) is 1.12. The van der Waals surface area contributed by atoms with Gasteiger partial charge in [0.2, 0.25) is 11.8 Å². The third-order valence-electron chi connectivity index (χ3n) is 4.25. The third-order valence-corrected chi connectivity index (χ3v) is 4.25. The first-order valence-corrected chi connectivity index (χ1v) is 9.17. The van der Waals surface area contributed by atoms with Crippen molar-refractivity contribution < 1.29 is 23.8 Å². The fourth-order valence-corrected chi connectivity index (χ4v) is 2.71. The first-order valence-electron chi connectivity index (χ1n) is 9.17. The van der Waals surface area contributed by atoms with Gasteiger partial charge in [0, 0.05) is 6.07 Å². The molecule has 2 aromatic rings.